The Labute approximate surface area is 459 Å². The van der Waals surface area contributed by atoms with Crippen LogP contribution in [0.5, 0.6) is 0 Å². The molecule has 3 heterocycles. The lowest BCUT2D eigenvalue weighted by atomic mass is 9.77. The number of aliphatic hydroxyl groups is 3. The maximum Gasteiger partial charge on any atom is 0.426 e. The first-order chi connectivity index (χ1) is 36.1. The van der Waals surface area contributed by atoms with Gasteiger partial charge in [0.2, 0.25) is 0 Å². The van der Waals surface area contributed by atoms with Crippen LogP contribution in [0.3, 0.4) is 0 Å². The highest BCUT2D eigenvalue weighted by Gasteiger charge is 2.54. The van der Waals surface area contributed by atoms with Gasteiger partial charge < -0.3 is 63.4 Å². The van der Waals surface area contributed by atoms with Gasteiger partial charge in [0.25, 0.3) is 5.91 Å². The molecule has 0 unspecified atom stereocenters. The number of likely N-dealkylation sites (N-methyl/N-ethyl adjacent to an activating group) is 2. The van der Waals surface area contributed by atoms with E-state index in [0.29, 0.717) is 23.6 Å². The number of hydrazine groups is 1. The van der Waals surface area contributed by atoms with Gasteiger partial charge >= 0.3 is 18.2 Å². The average molecular weight is 1100 g/mol. The Balaban J connectivity index is 1.48. The van der Waals surface area contributed by atoms with Gasteiger partial charge in [-0.1, -0.05) is 74.8 Å². The Morgan fingerprint density at radius 1 is 0.883 bits per heavy atom. The number of nitrogens with one attached hydrogen (secondary N) is 3. The van der Waals surface area contributed by atoms with Gasteiger partial charge in [-0.3, -0.25) is 19.9 Å². The van der Waals surface area contributed by atoms with E-state index in [1.165, 1.54) is 20.1 Å². The molecular weight excluding hydrogens is 1020 g/mol. The molecule has 3 amide bonds. The van der Waals surface area contributed by atoms with Gasteiger partial charge in [-0.05, 0) is 124 Å². The number of amides is 3. The first-order valence-corrected chi connectivity index (χ1v) is 27.0. The molecule has 77 heavy (non-hydrogen) atoms. The first kappa shape index (κ1) is 63.4. The molecule has 0 aliphatic carbocycles. The van der Waals surface area contributed by atoms with Crippen LogP contribution in [-0.4, -0.2) is 174 Å². The van der Waals surface area contributed by atoms with Crippen molar-refractivity contribution in [1.82, 2.24) is 26.0 Å². The number of carbonyl (C=O) groups excluding carboxylic acids is 4. The molecule has 3 saturated heterocycles. The van der Waals surface area contributed by atoms with Crippen molar-refractivity contribution in [3.63, 3.8) is 0 Å². The fourth-order valence-electron chi connectivity index (χ4n) is 11.1. The molecular formula is C56H86ClN5O15. The number of aliphatic hydroxyl groups excluding tert-OH is 1. The SMILES string of the molecule is CC[C@H]1OC(=O)[C@@H](C)[C@H](O[C@@H]2C[C@](C)(OC)[C@H](OC(=O)NNC(=O)/C=C/c3ccc(Cl)cc3)[C@@H](C)O2)[C@H](C)[C@H](O[C@H]2O[C@@H](C)C[C@@H](N(C)C)[C@@H]2O)[C@@](C)(O)C[C@H](C)CN(C)[C@@H](C)[C@H](OC(=O)NCc2ccccc2)[C@@]1(C)O. The van der Waals surface area contributed by atoms with E-state index in [0.717, 1.165) is 5.56 Å². The number of benzene rings is 2. The molecule has 6 N–H and O–H groups in total. The number of cyclic esters (lactones) is 1. The topological polar surface area (TPSA) is 245 Å². The monoisotopic (exact) mass is 1100 g/mol. The standard InChI is InChI=1S/C56H86ClN5O15/c1-15-42-56(10,69)48(76-52(66)58-30-39-19-17-16-18-20-39)36(6)62(13)31-32(2)28-54(8,68)47(75-51-45(64)41(61(11)12)27-33(3)71-51)34(4)46(35(5)50(65)73-42)74-44-29-55(9,70-14)49(37(7)72-44)77-53(67)60-59-43(63)26-23-38-21-24-40(57)25-22-38/h16-26,32-37,41-42,44-49,51,64,68-69H,15,27-31H2,1-14H3,(H,58,66)(H,59,63)(H,60,67)/b26-23+/t32-,33-,34-,35-,36-,37+,41+,42+,44+,45-,46+,47-,48-,49+,51+,54-,55-,56-/m0/s1. The molecule has 2 aromatic rings. The predicted molar refractivity (Wildman–Crippen MR) is 288 cm³/mol. The molecule has 0 bridgehead atoms. The summed E-state index contributed by atoms with van der Waals surface area (Å²) < 4.78 is 50.9. The van der Waals surface area contributed by atoms with Crippen molar-refractivity contribution in [2.45, 2.75) is 192 Å². The second-order valence-electron chi connectivity index (χ2n) is 22.3. The van der Waals surface area contributed by atoms with Crippen molar-refractivity contribution in [2.75, 3.05) is 34.8 Å². The van der Waals surface area contributed by atoms with Crippen LogP contribution in [0, 0.1) is 17.8 Å². The fraction of sp³-hybridized carbons (Fsp3) is 0.679. The Bertz CT molecular complexity index is 2260. The minimum absolute atomic E-state index is 0.0553. The van der Waals surface area contributed by atoms with Crippen molar-refractivity contribution in [3.05, 3.63) is 76.8 Å². The summed E-state index contributed by atoms with van der Waals surface area (Å²) in [5.74, 6) is -3.78. The van der Waals surface area contributed by atoms with E-state index in [4.69, 9.17) is 49.5 Å². The number of carbonyl (C=O) groups is 4. The molecule has 0 saturated carbocycles. The molecule has 0 spiro atoms. The molecule has 20 nitrogen and oxygen atoms in total. The highest BCUT2D eigenvalue weighted by molar-refractivity contribution is 6.30. The molecule has 0 radical (unpaired) electrons. The third kappa shape index (κ3) is 16.8. The van der Waals surface area contributed by atoms with Crippen LogP contribution < -0.4 is 16.2 Å². The van der Waals surface area contributed by atoms with Crippen LogP contribution in [0.1, 0.15) is 106 Å². The zero-order chi connectivity index (χ0) is 57.2. The van der Waals surface area contributed by atoms with Crippen molar-refractivity contribution in [1.29, 1.82) is 0 Å². The van der Waals surface area contributed by atoms with Crippen molar-refractivity contribution < 1.29 is 72.4 Å². The molecule has 21 heteroatoms. The number of nitrogens with zero attached hydrogens (tertiary/aromatic N) is 2. The average Bonchev–Trinajstić information content (AvgIpc) is 3.37. The molecule has 3 aliphatic rings. The second-order valence-corrected chi connectivity index (χ2v) is 22.7. The van der Waals surface area contributed by atoms with E-state index in [2.05, 4.69) is 16.2 Å². The van der Waals surface area contributed by atoms with Crippen LogP contribution in [0.2, 0.25) is 5.02 Å². The van der Waals surface area contributed by atoms with Crippen LogP contribution >= 0.6 is 11.6 Å². The molecule has 3 fully saturated rings. The number of alkyl carbamates (subject to hydrolysis) is 1. The highest BCUT2D eigenvalue weighted by Crippen LogP contribution is 2.41. The smallest absolute Gasteiger partial charge is 0.426 e. The van der Waals surface area contributed by atoms with E-state index in [9.17, 15) is 34.5 Å². The lowest BCUT2D eigenvalue weighted by Crippen LogP contribution is -2.61. The van der Waals surface area contributed by atoms with Crippen LogP contribution in [0.25, 0.3) is 6.08 Å². The van der Waals surface area contributed by atoms with Gasteiger partial charge in [0.15, 0.2) is 24.8 Å². The maximum atomic E-state index is 14.9. The van der Waals surface area contributed by atoms with Gasteiger partial charge in [-0.2, -0.15) is 0 Å². The van der Waals surface area contributed by atoms with E-state index < -0.39 is 114 Å². The third-order valence-electron chi connectivity index (χ3n) is 15.5. The van der Waals surface area contributed by atoms with Crippen molar-refractivity contribution in [2.24, 2.45) is 17.8 Å². The molecule has 432 valence electrons. The Hall–Kier alpha value is -4.45. The minimum atomic E-state index is -1.96. The Kier molecular flexibility index (Phi) is 22.7. The largest absolute Gasteiger partial charge is 0.459 e. The predicted octanol–water partition coefficient (Wildman–Crippen LogP) is 5.97. The van der Waals surface area contributed by atoms with E-state index >= 15 is 0 Å². The highest BCUT2D eigenvalue weighted by atomic mass is 35.5. The number of ether oxygens (including phenoxy) is 8. The number of methoxy groups -OCH3 is 1. The van der Waals surface area contributed by atoms with Gasteiger partial charge in [0.05, 0.1) is 35.9 Å². The maximum absolute atomic E-state index is 14.9. The van der Waals surface area contributed by atoms with Gasteiger partial charge in [-0.25, -0.2) is 15.0 Å². The zero-order valence-corrected chi connectivity index (χ0v) is 48.0. The normalized spacial score (nSPS) is 37.0. The van der Waals surface area contributed by atoms with E-state index in [-0.39, 0.29) is 43.9 Å². The van der Waals surface area contributed by atoms with Gasteiger partial charge in [0, 0.05) is 55.7 Å². The number of halogens is 1. The third-order valence-corrected chi connectivity index (χ3v) is 15.7. The summed E-state index contributed by atoms with van der Waals surface area (Å²) in [4.78, 5) is 58.2. The van der Waals surface area contributed by atoms with Crippen molar-refractivity contribution >= 4 is 41.7 Å². The van der Waals surface area contributed by atoms with Crippen molar-refractivity contribution in [3.8, 4) is 0 Å². The van der Waals surface area contributed by atoms with Crippen LogP contribution in [0.4, 0.5) is 9.59 Å². The Morgan fingerprint density at radius 2 is 1.53 bits per heavy atom. The summed E-state index contributed by atoms with van der Waals surface area (Å²) in [7, 11) is 6.99. The summed E-state index contributed by atoms with van der Waals surface area (Å²) in [5, 5.41) is 40.7. The second kappa shape index (κ2) is 27.6. The molecule has 3 aliphatic heterocycles. The van der Waals surface area contributed by atoms with Crippen LogP contribution in [-0.2, 0) is 54.0 Å². The van der Waals surface area contributed by atoms with Gasteiger partial charge in [0.1, 0.15) is 23.4 Å². The summed E-state index contributed by atoms with van der Waals surface area (Å²) in [5.41, 5.74) is 1.16. The number of esters is 1. The summed E-state index contributed by atoms with van der Waals surface area (Å²) in [6.45, 7) is 17.8. The minimum Gasteiger partial charge on any atom is -0.459 e. The molecule has 2 aromatic carbocycles. The molecule has 0 aromatic heterocycles. The lowest BCUT2D eigenvalue weighted by molar-refractivity contribution is -0.317. The summed E-state index contributed by atoms with van der Waals surface area (Å²) >= 11 is 5.96. The molecule has 18 atom stereocenters. The van der Waals surface area contributed by atoms with E-state index in [1.807, 2.05) is 82.0 Å². The lowest BCUT2D eigenvalue weighted by Gasteiger charge is -2.49. The van der Waals surface area contributed by atoms with Gasteiger partial charge in [-0.15, -0.1) is 0 Å². The van der Waals surface area contributed by atoms with E-state index in [1.54, 1.807) is 71.9 Å². The molecule has 5 rings (SSSR count). The fourth-order valence-corrected chi connectivity index (χ4v) is 11.2. The van der Waals surface area contributed by atoms with Crippen LogP contribution in [0.15, 0.2) is 60.7 Å². The summed E-state index contributed by atoms with van der Waals surface area (Å²) in [6, 6.07) is 15.1. The number of hydrogen-bond donors (Lipinski definition) is 6. The zero-order valence-electron chi connectivity index (χ0n) is 47.3. The number of rotatable bonds is 13. The Morgan fingerprint density at radius 3 is 2.16 bits per heavy atom. The summed E-state index contributed by atoms with van der Waals surface area (Å²) in [6.07, 6.45) is -8.97. The number of hydrogen-bond acceptors (Lipinski definition) is 17. The first-order valence-electron chi connectivity index (χ1n) is 26.7. The quantitative estimate of drug-likeness (QED) is 0.0586.